The predicted octanol–water partition coefficient (Wildman–Crippen LogP) is 1.25. The SMILES string of the molecule is COC(=O)c1scc(C)c1S(=O)(=O)N1CCNCC1C.Cl. The molecule has 1 aliphatic heterocycles. The summed E-state index contributed by atoms with van der Waals surface area (Å²) in [6, 6.07) is -0.140. The van der Waals surface area contributed by atoms with Gasteiger partial charge < -0.3 is 10.1 Å². The highest BCUT2D eigenvalue weighted by Crippen LogP contribution is 2.31. The number of hydrogen-bond donors (Lipinski definition) is 1. The van der Waals surface area contributed by atoms with Gasteiger partial charge in [-0.3, -0.25) is 0 Å². The molecule has 0 aliphatic carbocycles. The zero-order chi connectivity index (χ0) is 14.9. The van der Waals surface area contributed by atoms with Crippen LogP contribution in [0.4, 0.5) is 0 Å². The fraction of sp³-hybridized carbons (Fsp3) is 0.583. The first-order chi connectivity index (χ1) is 9.39. The van der Waals surface area contributed by atoms with E-state index < -0.39 is 16.0 Å². The number of carbonyl (C=O) groups is 1. The first kappa shape index (κ1) is 18.4. The zero-order valence-corrected chi connectivity index (χ0v) is 14.5. The maximum atomic E-state index is 12.8. The Morgan fingerprint density at radius 2 is 2.19 bits per heavy atom. The molecule has 9 heteroatoms. The average molecular weight is 355 g/mol. The van der Waals surface area contributed by atoms with Crippen LogP contribution in [0.2, 0.25) is 0 Å². The monoisotopic (exact) mass is 354 g/mol. The third-order valence-corrected chi connectivity index (χ3v) is 6.70. The lowest BCUT2D eigenvalue weighted by Gasteiger charge is -2.33. The van der Waals surface area contributed by atoms with Gasteiger partial charge in [-0.15, -0.1) is 23.7 Å². The second-order valence-electron chi connectivity index (χ2n) is 4.74. The molecule has 21 heavy (non-hydrogen) atoms. The molecule has 1 aliphatic rings. The second-order valence-corrected chi connectivity index (χ2v) is 7.44. The molecule has 120 valence electrons. The molecule has 0 bridgehead atoms. The van der Waals surface area contributed by atoms with Gasteiger partial charge in [0.2, 0.25) is 10.0 Å². The molecule has 1 saturated heterocycles. The van der Waals surface area contributed by atoms with E-state index in [-0.39, 0.29) is 28.2 Å². The number of halogens is 1. The molecule has 0 spiro atoms. The Bertz CT molecular complexity index is 615. The smallest absolute Gasteiger partial charge is 0.349 e. The summed E-state index contributed by atoms with van der Waals surface area (Å²) in [6.45, 7) is 5.17. The molecule has 1 fully saturated rings. The highest BCUT2D eigenvalue weighted by Gasteiger charge is 2.36. The summed E-state index contributed by atoms with van der Waals surface area (Å²) < 4.78 is 31.8. The van der Waals surface area contributed by atoms with Gasteiger partial charge in [0.1, 0.15) is 9.77 Å². The fourth-order valence-electron chi connectivity index (χ4n) is 2.28. The van der Waals surface area contributed by atoms with Crippen molar-refractivity contribution in [2.24, 2.45) is 0 Å². The lowest BCUT2D eigenvalue weighted by Crippen LogP contribution is -2.52. The molecule has 1 aromatic heterocycles. The number of hydrogen-bond acceptors (Lipinski definition) is 6. The van der Waals surface area contributed by atoms with Crippen molar-refractivity contribution in [3.63, 3.8) is 0 Å². The van der Waals surface area contributed by atoms with Crippen molar-refractivity contribution in [1.82, 2.24) is 9.62 Å². The predicted molar refractivity (Wildman–Crippen MR) is 83.9 cm³/mol. The van der Waals surface area contributed by atoms with Crippen LogP contribution in [0.5, 0.6) is 0 Å². The third kappa shape index (κ3) is 3.40. The van der Waals surface area contributed by atoms with Crippen LogP contribution in [0.3, 0.4) is 0 Å². The number of piperazine rings is 1. The molecule has 0 aromatic carbocycles. The summed E-state index contributed by atoms with van der Waals surface area (Å²) in [7, 11) is -2.43. The Kier molecular flexibility index (Phi) is 6.18. The Hall–Kier alpha value is -0.670. The Morgan fingerprint density at radius 1 is 1.52 bits per heavy atom. The van der Waals surface area contributed by atoms with Crippen LogP contribution in [0.15, 0.2) is 10.3 Å². The molecule has 2 heterocycles. The highest BCUT2D eigenvalue weighted by molar-refractivity contribution is 7.89. The molecule has 0 radical (unpaired) electrons. The van der Waals surface area contributed by atoms with Crippen LogP contribution >= 0.6 is 23.7 Å². The van der Waals surface area contributed by atoms with Crippen molar-refractivity contribution in [2.75, 3.05) is 26.7 Å². The number of esters is 1. The summed E-state index contributed by atoms with van der Waals surface area (Å²) in [5.41, 5.74) is 0.584. The first-order valence-electron chi connectivity index (χ1n) is 6.28. The van der Waals surface area contributed by atoms with Gasteiger partial charge in [0.15, 0.2) is 0 Å². The quantitative estimate of drug-likeness (QED) is 0.827. The maximum Gasteiger partial charge on any atom is 0.349 e. The van der Waals surface area contributed by atoms with Gasteiger partial charge in [-0.2, -0.15) is 4.31 Å². The zero-order valence-electron chi connectivity index (χ0n) is 12.1. The van der Waals surface area contributed by atoms with Crippen molar-refractivity contribution < 1.29 is 17.9 Å². The third-order valence-electron chi connectivity index (χ3n) is 3.30. The summed E-state index contributed by atoms with van der Waals surface area (Å²) >= 11 is 1.10. The molecule has 6 nitrogen and oxygen atoms in total. The molecular weight excluding hydrogens is 336 g/mol. The van der Waals surface area contributed by atoms with Crippen molar-refractivity contribution in [3.8, 4) is 0 Å². The minimum Gasteiger partial charge on any atom is -0.465 e. The first-order valence-corrected chi connectivity index (χ1v) is 8.60. The van der Waals surface area contributed by atoms with E-state index in [1.54, 1.807) is 12.3 Å². The molecule has 1 atom stereocenters. The number of nitrogens with zero attached hydrogens (tertiary/aromatic N) is 1. The van der Waals surface area contributed by atoms with Crippen molar-refractivity contribution in [3.05, 3.63) is 15.8 Å². The lowest BCUT2D eigenvalue weighted by atomic mass is 10.3. The molecule has 2 rings (SSSR count). The van der Waals surface area contributed by atoms with Crippen LogP contribution in [-0.2, 0) is 14.8 Å². The molecular formula is C12H19ClN2O4S2. The normalized spacial score (nSPS) is 19.9. The van der Waals surface area contributed by atoms with Crippen LogP contribution in [-0.4, -0.2) is 51.5 Å². The number of carbonyl (C=O) groups excluding carboxylic acids is 1. The van der Waals surface area contributed by atoms with E-state index in [2.05, 4.69) is 10.1 Å². The van der Waals surface area contributed by atoms with E-state index in [1.165, 1.54) is 11.4 Å². The van der Waals surface area contributed by atoms with Crippen LogP contribution < -0.4 is 5.32 Å². The molecule has 0 saturated carbocycles. The highest BCUT2D eigenvalue weighted by atomic mass is 35.5. The van der Waals surface area contributed by atoms with Gasteiger partial charge >= 0.3 is 5.97 Å². The topological polar surface area (TPSA) is 75.7 Å². The van der Waals surface area contributed by atoms with Crippen molar-refractivity contribution in [2.45, 2.75) is 24.8 Å². The molecule has 1 N–H and O–H groups in total. The summed E-state index contributed by atoms with van der Waals surface area (Å²) in [4.78, 5) is 12.0. The molecule has 0 amide bonds. The average Bonchev–Trinajstić information content (AvgIpc) is 2.80. The largest absolute Gasteiger partial charge is 0.465 e. The maximum absolute atomic E-state index is 12.8. The molecule has 1 unspecified atom stereocenters. The number of ether oxygens (including phenoxy) is 1. The van der Waals surface area contributed by atoms with Crippen LogP contribution in [0.25, 0.3) is 0 Å². The summed E-state index contributed by atoms with van der Waals surface area (Å²) in [5.74, 6) is -0.607. The summed E-state index contributed by atoms with van der Waals surface area (Å²) in [6.07, 6.45) is 0. The van der Waals surface area contributed by atoms with Gasteiger partial charge in [0.25, 0.3) is 0 Å². The van der Waals surface area contributed by atoms with Crippen LogP contribution in [0, 0.1) is 6.92 Å². The minimum absolute atomic E-state index is 0. The number of thiophene rings is 1. The number of sulfonamides is 1. The van der Waals surface area contributed by atoms with E-state index >= 15 is 0 Å². The van der Waals surface area contributed by atoms with Gasteiger partial charge in [-0.05, 0) is 24.8 Å². The van der Waals surface area contributed by atoms with E-state index in [0.29, 0.717) is 25.2 Å². The van der Waals surface area contributed by atoms with E-state index in [9.17, 15) is 13.2 Å². The number of rotatable bonds is 3. The lowest BCUT2D eigenvalue weighted by molar-refractivity contribution is 0.0602. The Morgan fingerprint density at radius 3 is 2.76 bits per heavy atom. The van der Waals surface area contributed by atoms with Gasteiger partial charge in [0, 0.05) is 25.7 Å². The number of aryl methyl sites for hydroxylation is 1. The Labute approximate surface area is 134 Å². The van der Waals surface area contributed by atoms with Crippen molar-refractivity contribution in [1.29, 1.82) is 0 Å². The van der Waals surface area contributed by atoms with E-state index in [1.807, 2.05) is 6.92 Å². The van der Waals surface area contributed by atoms with Gasteiger partial charge in [-0.1, -0.05) is 0 Å². The van der Waals surface area contributed by atoms with Crippen molar-refractivity contribution >= 4 is 39.7 Å². The molecule has 1 aromatic rings. The number of methoxy groups -OCH3 is 1. The van der Waals surface area contributed by atoms with Crippen LogP contribution in [0.1, 0.15) is 22.2 Å². The fourth-order valence-corrected chi connectivity index (χ4v) is 5.58. The van der Waals surface area contributed by atoms with Gasteiger partial charge in [-0.25, -0.2) is 13.2 Å². The van der Waals surface area contributed by atoms with E-state index in [4.69, 9.17) is 0 Å². The second kappa shape index (κ2) is 7.06. The summed E-state index contributed by atoms with van der Waals surface area (Å²) in [5, 5.41) is 4.82. The number of nitrogens with one attached hydrogen (secondary N) is 1. The van der Waals surface area contributed by atoms with E-state index in [0.717, 1.165) is 11.3 Å². The standard InChI is InChI=1S/C12H18N2O4S2.ClH/c1-8-7-19-10(12(15)18-3)11(8)20(16,17)14-5-4-13-6-9(14)2;/h7,9,13H,4-6H2,1-3H3;1H. The van der Waals surface area contributed by atoms with Gasteiger partial charge in [0.05, 0.1) is 7.11 Å². The minimum atomic E-state index is -3.68. The Balaban J connectivity index is 0.00000220.